The molecule has 0 heterocycles. The minimum Gasteiger partial charge on any atom is -0.478 e. The molecule has 1 aliphatic carbocycles. The summed E-state index contributed by atoms with van der Waals surface area (Å²) in [5, 5.41) is 20.2. The minimum absolute atomic E-state index is 0.0271. The molecular weight excluding hydrogens is 444 g/mol. The number of benzene rings is 3. The predicted octanol–water partition coefficient (Wildman–Crippen LogP) is 6.91. The predicted molar refractivity (Wildman–Crippen MR) is 146 cm³/mol. The van der Waals surface area contributed by atoms with Gasteiger partial charge in [-0.05, 0) is 95.5 Å². The number of carbonyl (C=O) groups is 1. The van der Waals surface area contributed by atoms with Crippen LogP contribution < -0.4 is 0 Å². The maximum Gasteiger partial charge on any atom is 0.335 e. The van der Waals surface area contributed by atoms with E-state index in [9.17, 15) is 9.90 Å². The average molecular weight is 481 g/mol. The normalized spacial score (nSPS) is 16.4. The molecule has 0 radical (unpaired) electrons. The standard InChI is InChI=1S/C33H36O3/c1-22-6-8-23(9-7-22)12-16-26-20-27(21-28-30(26)33(4,5)19-18-32(28,2)3)29(34)17-13-24-10-14-25(15-11-24)31(35)36/h6-11,14-15,20-21,29,34H,12,16,18-19H2,1-5H3,(H,35,36). The molecule has 36 heavy (non-hydrogen) atoms. The van der Waals surface area contributed by atoms with Crippen LogP contribution in [0.5, 0.6) is 0 Å². The molecule has 0 fully saturated rings. The number of carboxylic acids is 1. The lowest BCUT2D eigenvalue weighted by atomic mass is 9.61. The van der Waals surface area contributed by atoms with E-state index in [0.717, 1.165) is 31.2 Å². The molecule has 3 nitrogen and oxygen atoms in total. The molecule has 3 aromatic rings. The first-order valence-corrected chi connectivity index (χ1v) is 12.7. The molecule has 1 unspecified atom stereocenters. The summed E-state index contributed by atoms with van der Waals surface area (Å²) in [4.78, 5) is 11.1. The Hall–Kier alpha value is -3.35. The third kappa shape index (κ3) is 5.55. The van der Waals surface area contributed by atoms with Gasteiger partial charge in [0.05, 0.1) is 5.56 Å². The fourth-order valence-corrected chi connectivity index (χ4v) is 5.26. The smallest absolute Gasteiger partial charge is 0.335 e. The summed E-state index contributed by atoms with van der Waals surface area (Å²) < 4.78 is 0. The van der Waals surface area contributed by atoms with Gasteiger partial charge in [-0.25, -0.2) is 4.79 Å². The molecule has 1 atom stereocenters. The summed E-state index contributed by atoms with van der Waals surface area (Å²) in [6.45, 7) is 11.4. The highest BCUT2D eigenvalue weighted by Crippen LogP contribution is 2.48. The molecule has 2 N–H and O–H groups in total. The molecule has 0 saturated heterocycles. The van der Waals surface area contributed by atoms with Gasteiger partial charge in [-0.2, -0.15) is 0 Å². The summed E-state index contributed by atoms with van der Waals surface area (Å²) >= 11 is 0. The number of aryl methyl sites for hydroxylation is 3. The second-order valence-electron chi connectivity index (χ2n) is 11.4. The van der Waals surface area contributed by atoms with Gasteiger partial charge < -0.3 is 10.2 Å². The van der Waals surface area contributed by atoms with Crippen molar-refractivity contribution < 1.29 is 15.0 Å². The molecular formula is C33H36O3. The van der Waals surface area contributed by atoms with Gasteiger partial charge in [0.25, 0.3) is 0 Å². The van der Waals surface area contributed by atoms with Gasteiger partial charge in [0.15, 0.2) is 0 Å². The summed E-state index contributed by atoms with van der Waals surface area (Å²) in [5.41, 5.74) is 8.46. The number of aromatic carboxylic acids is 1. The van der Waals surface area contributed by atoms with Crippen molar-refractivity contribution in [1.29, 1.82) is 0 Å². The quantitative estimate of drug-likeness (QED) is 0.390. The van der Waals surface area contributed by atoms with E-state index in [0.29, 0.717) is 5.56 Å². The van der Waals surface area contributed by atoms with E-state index < -0.39 is 12.1 Å². The van der Waals surface area contributed by atoms with Crippen LogP contribution in [0.15, 0.2) is 60.7 Å². The Morgan fingerprint density at radius 2 is 1.56 bits per heavy atom. The number of hydrogen-bond donors (Lipinski definition) is 2. The van der Waals surface area contributed by atoms with E-state index in [1.165, 1.54) is 39.9 Å². The van der Waals surface area contributed by atoms with Crippen molar-refractivity contribution in [3.05, 3.63) is 105 Å². The number of rotatable bonds is 5. The average Bonchev–Trinajstić information content (AvgIpc) is 2.85. The number of hydrogen-bond acceptors (Lipinski definition) is 2. The Labute approximate surface area is 215 Å². The zero-order chi connectivity index (χ0) is 26.1. The fourth-order valence-electron chi connectivity index (χ4n) is 5.26. The fraction of sp³-hybridized carbons (Fsp3) is 0.364. The molecule has 0 spiro atoms. The van der Waals surface area contributed by atoms with Crippen molar-refractivity contribution in [3.8, 4) is 11.8 Å². The Morgan fingerprint density at radius 3 is 2.19 bits per heavy atom. The van der Waals surface area contributed by atoms with Gasteiger partial charge in [-0.15, -0.1) is 0 Å². The second-order valence-corrected chi connectivity index (χ2v) is 11.4. The number of carboxylic acid groups (broad SMARTS) is 1. The van der Waals surface area contributed by atoms with Gasteiger partial charge in [0, 0.05) is 5.56 Å². The van der Waals surface area contributed by atoms with Crippen LogP contribution >= 0.6 is 0 Å². The van der Waals surface area contributed by atoms with Crippen molar-refractivity contribution in [2.24, 2.45) is 0 Å². The van der Waals surface area contributed by atoms with Crippen molar-refractivity contribution >= 4 is 5.97 Å². The number of fused-ring (bicyclic) bond motifs is 1. The van der Waals surface area contributed by atoms with Crippen LogP contribution in [-0.4, -0.2) is 16.2 Å². The topological polar surface area (TPSA) is 57.5 Å². The van der Waals surface area contributed by atoms with Crippen LogP contribution in [0, 0.1) is 18.8 Å². The van der Waals surface area contributed by atoms with Crippen LogP contribution in [-0.2, 0) is 23.7 Å². The van der Waals surface area contributed by atoms with E-state index in [1.807, 2.05) is 0 Å². The molecule has 186 valence electrons. The van der Waals surface area contributed by atoms with E-state index >= 15 is 0 Å². The molecule has 0 bridgehead atoms. The molecule has 0 saturated carbocycles. The van der Waals surface area contributed by atoms with Crippen LogP contribution in [0.4, 0.5) is 0 Å². The van der Waals surface area contributed by atoms with Crippen LogP contribution in [0.2, 0.25) is 0 Å². The maximum absolute atomic E-state index is 11.1. The molecule has 1 aliphatic rings. The highest BCUT2D eigenvalue weighted by Gasteiger charge is 2.39. The maximum atomic E-state index is 11.1. The van der Waals surface area contributed by atoms with E-state index in [-0.39, 0.29) is 16.4 Å². The Bertz CT molecular complexity index is 1320. The van der Waals surface area contributed by atoms with Gasteiger partial charge in [-0.3, -0.25) is 0 Å². The second kappa shape index (κ2) is 9.96. The zero-order valence-electron chi connectivity index (χ0n) is 22.0. The summed E-state index contributed by atoms with van der Waals surface area (Å²) in [7, 11) is 0. The molecule has 3 heteroatoms. The van der Waals surface area contributed by atoms with Gasteiger partial charge in [0.1, 0.15) is 6.10 Å². The lowest BCUT2D eigenvalue weighted by Gasteiger charge is -2.43. The summed E-state index contributed by atoms with van der Waals surface area (Å²) in [5.74, 6) is 5.03. The number of aliphatic hydroxyl groups is 1. The van der Waals surface area contributed by atoms with E-state index in [2.05, 4.69) is 82.9 Å². The molecule has 0 amide bonds. The first-order chi connectivity index (χ1) is 17.0. The lowest BCUT2D eigenvalue weighted by Crippen LogP contribution is -2.35. The summed E-state index contributed by atoms with van der Waals surface area (Å²) in [6, 6.07) is 19.5. The van der Waals surface area contributed by atoms with Crippen molar-refractivity contribution in [1.82, 2.24) is 0 Å². The minimum atomic E-state index is -0.965. The van der Waals surface area contributed by atoms with Crippen LogP contribution in [0.25, 0.3) is 0 Å². The van der Waals surface area contributed by atoms with E-state index in [1.54, 1.807) is 12.1 Å². The molecule has 0 aliphatic heterocycles. The highest BCUT2D eigenvalue weighted by molar-refractivity contribution is 5.87. The third-order valence-electron chi connectivity index (χ3n) is 7.63. The van der Waals surface area contributed by atoms with Crippen molar-refractivity contribution in [3.63, 3.8) is 0 Å². The highest BCUT2D eigenvalue weighted by atomic mass is 16.4. The van der Waals surface area contributed by atoms with Crippen molar-refractivity contribution in [2.75, 3.05) is 0 Å². The molecule has 4 rings (SSSR count). The number of aliphatic hydroxyl groups excluding tert-OH is 1. The first-order valence-electron chi connectivity index (χ1n) is 12.7. The van der Waals surface area contributed by atoms with Gasteiger partial charge in [-0.1, -0.05) is 81.5 Å². The van der Waals surface area contributed by atoms with Gasteiger partial charge in [0.2, 0.25) is 0 Å². The zero-order valence-corrected chi connectivity index (χ0v) is 22.0. The Morgan fingerprint density at radius 1 is 0.917 bits per heavy atom. The largest absolute Gasteiger partial charge is 0.478 e. The summed E-state index contributed by atoms with van der Waals surface area (Å²) in [6.07, 6.45) is 3.18. The van der Waals surface area contributed by atoms with Crippen LogP contribution in [0.3, 0.4) is 0 Å². The van der Waals surface area contributed by atoms with Crippen LogP contribution in [0.1, 0.15) is 95.9 Å². The molecule has 3 aromatic carbocycles. The Kier molecular flexibility index (Phi) is 7.12. The third-order valence-corrected chi connectivity index (χ3v) is 7.63. The molecule has 0 aromatic heterocycles. The van der Waals surface area contributed by atoms with E-state index in [4.69, 9.17) is 5.11 Å². The monoisotopic (exact) mass is 480 g/mol. The van der Waals surface area contributed by atoms with Gasteiger partial charge >= 0.3 is 5.97 Å². The SMILES string of the molecule is Cc1ccc(CCc2cc(C(O)C#Cc3ccc(C(=O)O)cc3)cc3c2C(C)(C)CCC3(C)C)cc1. The van der Waals surface area contributed by atoms with Crippen molar-refractivity contribution in [2.45, 2.75) is 77.2 Å². The first kappa shape index (κ1) is 25.7. The Balaban J connectivity index is 1.71. The lowest BCUT2D eigenvalue weighted by molar-refractivity contribution is 0.0697.